The van der Waals surface area contributed by atoms with Gasteiger partial charge in [-0.1, -0.05) is 0 Å². The topological polar surface area (TPSA) is 34.2 Å². The number of hydrogen-bond acceptors (Lipinski definition) is 4. The first-order valence-electron chi connectivity index (χ1n) is 5.66. The van der Waals surface area contributed by atoms with Crippen molar-refractivity contribution in [2.75, 3.05) is 13.7 Å². The van der Waals surface area contributed by atoms with Crippen molar-refractivity contribution in [2.24, 2.45) is 0 Å². The maximum atomic E-state index is 5.58. The van der Waals surface area contributed by atoms with E-state index >= 15 is 0 Å². The molecule has 0 aliphatic carbocycles. The lowest BCUT2D eigenvalue weighted by Crippen LogP contribution is -1.95. The predicted molar refractivity (Wildman–Crippen MR) is 77.4 cm³/mol. The Hall–Kier alpha value is -1.33. The van der Waals surface area contributed by atoms with Gasteiger partial charge in [0.2, 0.25) is 0 Å². The minimum Gasteiger partial charge on any atom is -0.493 e. The summed E-state index contributed by atoms with van der Waals surface area (Å²) >= 11 is 6.73. The van der Waals surface area contributed by atoms with Gasteiger partial charge in [-0.05, 0) is 49.8 Å². The summed E-state index contributed by atoms with van der Waals surface area (Å²) in [5.74, 6) is 1.51. The third-order valence-electron chi connectivity index (χ3n) is 2.55. The molecule has 96 valence electrons. The highest BCUT2D eigenvalue weighted by atomic mass is 32.1. The van der Waals surface area contributed by atoms with Gasteiger partial charge in [-0.25, -0.2) is 0 Å². The van der Waals surface area contributed by atoms with Crippen molar-refractivity contribution in [3.05, 3.63) is 27.8 Å². The molecular formula is C13H15NO2S2. The van der Waals surface area contributed by atoms with Gasteiger partial charge >= 0.3 is 0 Å². The van der Waals surface area contributed by atoms with Crippen molar-refractivity contribution in [3.63, 3.8) is 0 Å². The molecule has 2 rings (SSSR count). The number of hydrogen-bond donors (Lipinski definition) is 1. The molecule has 1 N–H and O–H groups in total. The molecule has 1 heterocycles. The first-order chi connectivity index (χ1) is 8.65. The molecule has 2 aromatic rings. The Morgan fingerprint density at radius 1 is 1.33 bits per heavy atom. The fourth-order valence-electron chi connectivity index (χ4n) is 1.77. The summed E-state index contributed by atoms with van der Waals surface area (Å²) in [6.45, 7) is 4.59. The van der Waals surface area contributed by atoms with Gasteiger partial charge in [0.1, 0.15) is 0 Å². The third kappa shape index (κ3) is 2.57. The van der Waals surface area contributed by atoms with E-state index in [0.717, 1.165) is 31.6 Å². The zero-order valence-corrected chi connectivity index (χ0v) is 12.2. The fourth-order valence-corrected chi connectivity index (χ4v) is 3.01. The first kappa shape index (κ1) is 13.1. The van der Waals surface area contributed by atoms with E-state index < -0.39 is 0 Å². The quantitative estimate of drug-likeness (QED) is 0.853. The summed E-state index contributed by atoms with van der Waals surface area (Å²) in [7, 11) is 1.64. The summed E-state index contributed by atoms with van der Waals surface area (Å²) in [5.41, 5.74) is 2.17. The second kappa shape index (κ2) is 5.54. The molecule has 0 atom stereocenters. The van der Waals surface area contributed by atoms with Gasteiger partial charge in [0.15, 0.2) is 15.5 Å². The van der Waals surface area contributed by atoms with Gasteiger partial charge in [0.05, 0.1) is 18.6 Å². The van der Waals surface area contributed by atoms with E-state index in [9.17, 15) is 0 Å². The molecule has 3 nitrogen and oxygen atoms in total. The zero-order valence-electron chi connectivity index (χ0n) is 10.6. The molecule has 0 aliphatic rings. The molecule has 1 aromatic carbocycles. The van der Waals surface area contributed by atoms with Gasteiger partial charge in [0, 0.05) is 5.69 Å². The third-order valence-corrected chi connectivity index (χ3v) is 3.94. The van der Waals surface area contributed by atoms with Crippen LogP contribution in [0.15, 0.2) is 18.2 Å². The molecule has 0 saturated heterocycles. The Kier molecular flexibility index (Phi) is 4.04. The van der Waals surface area contributed by atoms with Crippen LogP contribution in [0.1, 0.15) is 12.6 Å². The van der Waals surface area contributed by atoms with Crippen LogP contribution < -0.4 is 9.47 Å². The second-order valence-electron chi connectivity index (χ2n) is 3.77. The van der Waals surface area contributed by atoms with Crippen molar-refractivity contribution in [1.82, 2.24) is 4.98 Å². The van der Waals surface area contributed by atoms with Crippen molar-refractivity contribution >= 4 is 23.6 Å². The smallest absolute Gasteiger partial charge is 0.161 e. The lowest BCUT2D eigenvalue weighted by Gasteiger charge is -2.10. The van der Waals surface area contributed by atoms with Gasteiger partial charge in [-0.2, -0.15) is 0 Å². The van der Waals surface area contributed by atoms with E-state index in [1.54, 1.807) is 18.4 Å². The lowest BCUT2D eigenvalue weighted by atomic mass is 10.1. The van der Waals surface area contributed by atoms with Crippen LogP contribution in [0, 0.1) is 10.9 Å². The Bertz CT molecular complexity index is 601. The van der Waals surface area contributed by atoms with Crippen LogP contribution in [-0.4, -0.2) is 18.7 Å². The SMILES string of the molecule is CCOc1cc(-c2sc(=S)[nH]c2C)ccc1OC. The fraction of sp³-hybridized carbons (Fsp3) is 0.308. The highest BCUT2D eigenvalue weighted by molar-refractivity contribution is 7.73. The summed E-state index contributed by atoms with van der Waals surface area (Å²) < 4.78 is 11.6. The van der Waals surface area contributed by atoms with E-state index in [1.807, 2.05) is 32.0 Å². The number of H-pyrrole nitrogens is 1. The second-order valence-corrected chi connectivity index (χ2v) is 5.45. The zero-order chi connectivity index (χ0) is 13.1. The molecule has 1 aromatic heterocycles. The van der Waals surface area contributed by atoms with E-state index in [0.29, 0.717) is 6.61 Å². The standard InChI is InChI=1S/C13H15NO2S2/c1-4-16-11-7-9(5-6-10(11)15-3)12-8(2)14-13(17)18-12/h5-7H,4H2,1-3H3,(H,14,17). The van der Waals surface area contributed by atoms with Crippen LogP contribution in [0.5, 0.6) is 11.5 Å². The van der Waals surface area contributed by atoms with E-state index in [4.69, 9.17) is 21.7 Å². The number of aryl methyl sites for hydroxylation is 1. The number of rotatable bonds is 4. The van der Waals surface area contributed by atoms with Crippen LogP contribution in [0.2, 0.25) is 0 Å². The minimum atomic E-state index is 0.613. The molecule has 0 fully saturated rings. The van der Waals surface area contributed by atoms with Crippen LogP contribution in [0.25, 0.3) is 10.4 Å². The molecule has 0 bridgehead atoms. The van der Waals surface area contributed by atoms with Gasteiger partial charge in [-0.3, -0.25) is 0 Å². The van der Waals surface area contributed by atoms with Crippen molar-refractivity contribution in [2.45, 2.75) is 13.8 Å². The molecule has 0 saturated carbocycles. The minimum absolute atomic E-state index is 0.613. The maximum Gasteiger partial charge on any atom is 0.161 e. The molecule has 0 unspecified atom stereocenters. The Balaban J connectivity index is 2.49. The Labute approximate surface area is 115 Å². The van der Waals surface area contributed by atoms with Gasteiger partial charge < -0.3 is 14.5 Å². The summed E-state index contributed by atoms with van der Waals surface area (Å²) in [6.07, 6.45) is 0. The largest absolute Gasteiger partial charge is 0.493 e. The number of benzene rings is 1. The van der Waals surface area contributed by atoms with Crippen LogP contribution in [-0.2, 0) is 0 Å². The van der Waals surface area contributed by atoms with Crippen LogP contribution in [0.4, 0.5) is 0 Å². The predicted octanol–water partition coefficient (Wildman–Crippen LogP) is 4.19. The molecule has 0 spiro atoms. The monoisotopic (exact) mass is 281 g/mol. The molecule has 0 aliphatic heterocycles. The highest BCUT2D eigenvalue weighted by Gasteiger charge is 2.10. The van der Waals surface area contributed by atoms with E-state index in [2.05, 4.69) is 4.98 Å². The number of thiazole rings is 1. The average Bonchev–Trinajstić information content (AvgIpc) is 2.69. The summed E-state index contributed by atoms with van der Waals surface area (Å²) in [5, 5.41) is 0. The molecule has 0 radical (unpaired) electrons. The lowest BCUT2D eigenvalue weighted by molar-refractivity contribution is 0.311. The Morgan fingerprint density at radius 2 is 2.11 bits per heavy atom. The highest BCUT2D eigenvalue weighted by Crippen LogP contribution is 2.35. The number of methoxy groups -OCH3 is 1. The van der Waals surface area contributed by atoms with Gasteiger partial charge in [0.25, 0.3) is 0 Å². The van der Waals surface area contributed by atoms with Crippen molar-refractivity contribution in [1.29, 1.82) is 0 Å². The van der Waals surface area contributed by atoms with Crippen LogP contribution in [0.3, 0.4) is 0 Å². The number of nitrogens with one attached hydrogen (secondary N) is 1. The Morgan fingerprint density at radius 3 is 2.67 bits per heavy atom. The molecule has 18 heavy (non-hydrogen) atoms. The van der Waals surface area contributed by atoms with E-state index in [1.165, 1.54) is 0 Å². The van der Waals surface area contributed by atoms with Crippen molar-refractivity contribution in [3.8, 4) is 21.9 Å². The normalized spacial score (nSPS) is 10.4. The molecular weight excluding hydrogens is 266 g/mol. The first-order valence-corrected chi connectivity index (χ1v) is 6.89. The number of aromatic nitrogens is 1. The van der Waals surface area contributed by atoms with Crippen LogP contribution >= 0.6 is 23.6 Å². The molecule has 0 amide bonds. The van der Waals surface area contributed by atoms with Gasteiger partial charge in [-0.15, -0.1) is 11.3 Å². The maximum absolute atomic E-state index is 5.58. The summed E-state index contributed by atoms with van der Waals surface area (Å²) in [6, 6.07) is 5.93. The summed E-state index contributed by atoms with van der Waals surface area (Å²) in [4.78, 5) is 4.29. The average molecular weight is 281 g/mol. The van der Waals surface area contributed by atoms with Crippen molar-refractivity contribution < 1.29 is 9.47 Å². The number of ether oxygens (including phenoxy) is 2. The number of aromatic amines is 1. The molecule has 5 heteroatoms. The van der Waals surface area contributed by atoms with E-state index in [-0.39, 0.29) is 0 Å².